The molecule has 96 valence electrons. The number of carbonyl (C=O) groups excluding carboxylic acids is 2. The SMILES string of the molecule is C=C(/C=C(\C(N)=O)C(C)C)C(=O)OCCCC. The number of esters is 1. The fraction of sp³-hybridized carbons (Fsp3) is 0.538. The van der Waals surface area contributed by atoms with E-state index in [9.17, 15) is 9.59 Å². The highest BCUT2D eigenvalue weighted by atomic mass is 16.5. The van der Waals surface area contributed by atoms with Crippen LogP contribution >= 0.6 is 0 Å². The molecule has 0 heterocycles. The Morgan fingerprint density at radius 3 is 2.41 bits per heavy atom. The molecule has 0 saturated heterocycles. The van der Waals surface area contributed by atoms with Gasteiger partial charge in [-0.25, -0.2) is 4.79 Å². The molecule has 0 aliphatic rings. The van der Waals surface area contributed by atoms with Crippen molar-refractivity contribution in [1.82, 2.24) is 0 Å². The van der Waals surface area contributed by atoms with Gasteiger partial charge in [0.05, 0.1) is 12.2 Å². The second-order valence-corrected chi connectivity index (χ2v) is 4.13. The first-order valence-electron chi connectivity index (χ1n) is 5.77. The maximum atomic E-state index is 11.5. The fourth-order valence-corrected chi connectivity index (χ4v) is 1.17. The van der Waals surface area contributed by atoms with Crippen LogP contribution in [-0.2, 0) is 14.3 Å². The summed E-state index contributed by atoms with van der Waals surface area (Å²) in [5.41, 5.74) is 5.74. The number of primary amides is 1. The Bertz CT molecular complexity index is 330. The molecule has 0 rings (SSSR count). The minimum Gasteiger partial charge on any atom is -0.462 e. The Balaban J connectivity index is 4.53. The summed E-state index contributed by atoms with van der Waals surface area (Å²) in [4.78, 5) is 22.6. The van der Waals surface area contributed by atoms with Crippen molar-refractivity contribution in [3.8, 4) is 0 Å². The van der Waals surface area contributed by atoms with Gasteiger partial charge in [-0.2, -0.15) is 0 Å². The van der Waals surface area contributed by atoms with Gasteiger partial charge in [0, 0.05) is 5.57 Å². The molecular formula is C13H21NO3. The number of rotatable bonds is 7. The zero-order chi connectivity index (χ0) is 13.4. The molecule has 0 unspecified atom stereocenters. The molecule has 0 aromatic heterocycles. The van der Waals surface area contributed by atoms with Crippen molar-refractivity contribution >= 4 is 11.9 Å². The highest BCUT2D eigenvalue weighted by Crippen LogP contribution is 2.12. The molecule has 0 aliphatic heterocycles. The summed E-state index contributed by atoms with van der Waals surface area (Å²) in [5.74, 6) is -1.09. The first-order valence-corrected chi connectivity index (χ1v) is 5.77. The summed E-state index contributed by atoms with van der Waals surface area (Å²) < 4.78 is 4.97. The first kappa shape index (κ1) is 15.4. The van der Waals surface area contributed by atoms with Crippen molar-refractivity contribution in [1.29, 1.82) is 0 Å². The molecule has 0 spiro atoms. The predicted molar refractivity (Wildman–Crippen MR) is 67.1 cm³/mol. The van der Waals surface area contributed by atoms with Gasteiger partial charge < -0.3 is 10.5 Å². The van der Waals surface area contributed by atoms with E-state index in [0.717, 1.165) is 12.8 Å². The standard InChI is InChI=1S/C13H21NO3/c1-5-6-7-17-13(16)10(4)8-11(9(2)3)12(14)15/h8-9H,4-7H2,1-3H3,(H2,14,15)/b11-8-. The Hall–Kier alpha value is -1.58. The third kappa shape index (κ3) is 5.90. The van der Waals surface area contributed by atoms with Crippen LogP contribution < -0.4 is 5.73 Å². The number of unbranched alkanes of at least 4 members (excludes halogenated alkanes) is 1. The highest BCUT2D eigenvalue weighted by Gasteiger charge is 2.13. The van der Waals surface area contributed by atoms with Gasteiger partial charge in [0.15, 0.2) is 0 Å². The van der Waals surface area contributed by atoms with Crippen LogP contribution in [0.2, 0.25) is 0 Å². The molecule has 17 heavy (non-hydrogen) atoms. The van der Waals surface area contributed by atoms with Gasteiger partial charge in [-0.3, -0.25) is 4.79 Å². The average Bonchev–Trinajstić information content (AvgIpc) is 2.24. The van der Waals surface area contributed by atoms with Gasteiger partial charge in [-0.05, 0) is 18.4 Å². The number of ether oxygens (including phenoxy) is 1. The summed E-state index contributed by atoms with van der Waals surface area (Å²) in [6.07, 6.45) is 3.17. The molecule has 0 aromatic rings. The quantitative estimate of drug-likeness (QED) is 0.319. The third-order valence-electron chi connectivity index (χ3n) is 2.23. The van der Waals surface area contributed by atoms with Crippen LogP contribution in [0.4, 0.5) is 0 Å². The van der Waals surface area contributed by atoms with Crippen molar-refractivity contribution in [3.05, 3.63) is 23.8 Å². The molecule has 0 aromatic carbocycles. The molecular weight excluding hydrogens is 218 g/mol. The Morgan fingerprint density at radius 2 is 2.00 bits per heavy atom. The van der Waals surface area contributed by atoms with Crippen LogP contribution in [0.5, 0.6) is 0 Å². The summed E-state index contributed by atoms with van der Waals surface area (Å²) in [6.45, 7) is 9.61. The topological polar surface area (TPSA) is 69.4 Å². The van der Waals surface area contributed by atoms with Crippen LogP contribution in [0.1, 0.15) is 33.6 Å². The van der Waals surface area contributed by atoms with E-state index in [4.69, 9.17) is 10.5 Å². The number of hydrogen-bond acceptors (Lipinski definition) is 3. The third-order valence-corrected chi connectivity index (χ3v) is 2.23. The van der Waals surface area contributed by atoms with E-state index in [0.29, 0.717) is 12.2 Å². The minimum absolute atomic E-state index is 0.0484. The summed E-state index contributed by atoms with van der Waals surface area (Å²) in [5, 5.41) is 0. The van der Waals surface area contributed by atoms with E-state index in [1.807, 2.05) is 20.8 Å². The molecule has 0 saturated carbocycles. The van der Waals surface area contributed by atoms with Crippen molar-refractivity contribution in [3.63, 3.8) is 0 Å². The van der Waals surface area contributed by atoms with E-state index < -0.39 is 11.9 Å². The van der Waals surface area contributed by atoms with Gasteiger partial charge in [-0.15, -0.1) is 0 Å². The monoisotopic (exact) mass is 239 g/mol. The summed E-state index contributed by atoms with van der Waals surface area (Å²) in [6, 6.07) is 0. The van der Waals surface area contributed by atoms with Crippen molar-refractivity contribution < 1.29 is 14.3 Å². The maximum absolute atomic E-state index is 11.5. The predicted octanol–water partition coefficient (Wildman–Crippen LogP) is 1.95. The van der Waals surface area contributed by atoms with E-state index in [-0.39, 0.29) is 11.5 Å². The minimum atomic E-state index is -0.539. The number of carbonyl (C=O) groups is 2. The van der Waals surface area contributed by atoms with Crippen LogP contribution in [0.15, 0.2) is 23.8 Å². The van der Waals surface area contributed by atoms with Gasteiger partial charge in [0.25, 0.3) is 0 Å². The molecule has 4 heteroatoms. The normalized spacial score (nSPS) is 11.4. The van der Waals surface area contributed by atoms with E-state index >= 15 is 0 Å². The van der Waals surface area contributed by atoms with E-state index in [2.05, 4.69) is 6.58 Å². The lowest BCUT2D eigenvalue weighted by Gasteiger charge is -2.08. The van der Waals surface area contributed by atoms with Gasteiger partial charge in [0.2, 0.25) is 5.91 Å². The Kier molecular flexibility index (Phi) is 6.94. The summed E-state index contributed by atoms with van der Waals surface area (Å²) >= 11 is 0. The lowest BCUT2D eigenvalue weighted by Crippen LogP contribution is -2.19. The van der Waals surface area contributed by atoms with E-state index in [1.165, 1.54) is 6.08 Å². The molecule has 2 N–H and O–H groups in total. The van der Waals surface area contributed by atoms with E-state index in [1.54, 1.807) is 0 Å². The molecule has 1 amide bonds. The zero-order valence-corrected chi connectivity index (χ0v) is 10.8. The average molecular weight is 239 g/mol. The lowest BCUT2D eigenvalue weighted by molar-refractivity contribution is -0.138. The molecule has 4 nitrogen and oxygen atoms in total. The Labute approximate surface area is 103 Å². The number of hydrogen-bond donors (Lipinski definition) is 1. The van der Waals surface area contributed by atoms with Gasteiger partial charge in [0.1, 0.15) is 0 Å². The highest BCUT2D eigenvalue weighted by molar-refractivity contribution is 5.97. The van der Waals surface area contributed by atoms with Crippen LogP contribution in [0.3, 0.4) is 0 Å². The Morgan fingerprint density at radius 1 is 1.41 bits per heavy atom. The second-order valence-electron chi connectivity index (χ2n) is 4.13. The number of nitrogens with two attached hydrogens (primary N) is 1. The molecule has 0 atom stereocenters. The molecule has 0 fully saturated rings. The van der Waals surface area contributed by atoms with Crippen molar-refractivity contribution in [2.24, 2.45) is 11.7 Å². The smallest absolute Gasteiger partial charge is 0.337 e. The fourth-order valence-electron chi connectivity index (χ4n) is 1.17. The molecule has 0 aliphatic carbocycles. The largest absolute Gasteiger partial charge is 0.462 e. The second kappa shape index (κ2) is 7.65. The molecule has 0 bridgehead atoms. The lowest BCUT2D eigenvalue weighted by atomic mass is 10.0. The summed E-state index contributed by atoms with van der Waals surface area (Å²) in [7, 11) is 0. The number of amides is 1. The van der Waals surface area contributed by atoms with Gasteiger partial charge in [-0.1, -0.05) is 33.8 Å². The van der Waals surface area contributed by atoms with Crippen molar-refractivity contribution in [2.45, 2.75) is 33.6 Å². The molecule has 0 radical (unpaired) electrons. The van der Waals surface area contributed by atoms with Crippen molar-refractivity contribution in [2.75, 3.05) is 6.61 Å². The van der Waals surface area contributed by atoms with Crippen LogP contribution in [-0.4, -0.2) is 18.5 Å². The van der Waals surface area contributed by atoms with Crippen LogP contribution in [0, 0.1) is 5.92 Å². The van der Waals surface area contributed by atoms with Gasteiger partial charge >= 0.3 is 5.97 Å². The van der Waals surface area contributed by atoms with Crippen LogP contribution in [0.25, 0.3) is 0 Å². The maximum Gasteiger partial charge on any atom is 0.337 e. The zero-order valence-electron chi connectivity index (χ0n) is 10.8. The first-order chi connectivity index (χ1) is 7.90.